The highest BCUT2D eigenvalue weighted by molar-refractivity contribution is 5.55. The molecule has 0 unspecified atom stereocenters. The van der Waals surface area contributed by atoms with Crippen LogP contribution < -0.4 is 4.74 Å². The number of hydrogen-bond donors (Lipinski definition) is 0. The van der Waals surface area contributed by atoms with Crippen molar-refractivity contribution >= 4 is 0 Å². The molecule has 1 heterocycles. The van der Waals surface area contributed by atoms with E-state index in [9.17, 15) is 17.6 Å². The van der Waals surface area contributed by atoms with Crippen molar-refractivity contribution in [2.24, 2.45) is 0 Å². The summed E-state index contributed by atoms with van der Waals surface area (Å²) in [7, 11) is 0. The number of aromatic nitrogens is 2. The summed E-state index contributed by atoms with van der Waals surface area (Å²) in [6.45, 7) is -0.0177. The second-order valence-electron chi connectivity index (χ2n) is 4.83. The van der Waals surface area contributed by atoms with Gasteiger partial charge < -0.3 is 9.26 Å². The molecule has 3 rings (SSSR count). The first-order chi connectivity index (χ1) is 11.4. The lowest BCUT2D eigenvalue weighted by molar-refractivity contribution is -0.159. The fourth-order valence-corrected chi connectivity index (χ4v) is 1.94. The summed E-state index contributed by atoms with van der Waals surface area (Å²) in [4.78, 5) is 3.22. The van der Waals surface area contributed by atoms with Gasteiger partial charge in [0.1, 0.15) is 18.2 Å². The summed E-state index contributed by atoms with van der Waals surface area (Å²) >= 11 is 0. The zero-order valence-electron chi connectivity index (χ0n) is 12.0. The van der Waals surface area contributed by atoms with E-state index in [0.29, 0.717) is 5.75 Å². The Labute approximate surface area is 133 Å². The number of rotatable bonds is 4. The minimum atomic E-state index is -4.74. The summed E-state index contributed by atoms with van der Waals surface area (Å²) in [6.07, 6.45) is -4.74. The maximum atomic E-state index is 14.1. The van der Waals surface area contributed by atoms with Crippen molar-refractivity contribution < 1.29 is 26.8 Å². The number of alkyl halides is 3. The molecule has 0 amide bonds. The highest BCUT2D eigenvalue weighted by Crippen LogP contribution is 2.29. The molecule has 24 heavy (non-hydrogen) atoms. The standard InChI is InChI=1S/C16H10F4N2O2/c17-13-8-10(14-21-15(24-22-14)16(18,19)20)6-7-11(13)9-23-12-4-2-1-3-5-12/h1-8H,9H2. The fraction of sp³-hybridized carbons (Fsp3) is 0.125. The molecule has 0 atom stereocenters. The van der Waals surface area contributed by atoms with E-state index in [0.717, 1.165) is 6.07 Å². The maximum absolute atomic E-state index is 14.1. The largest absolute Gasteiger partial charge is 0.489 e. The normalized spacial score (nSPS) is 11.5. The van der Waals surface area contributed by atoms with Crippen LogP contribution in [0.2, 0.25) is 0 Å². The SMILES string of the molecule is Fc1cc(-c2noc(C(F)(F)F)n2)ccc1COc1ccccc1. The lowest BCUT2D eigenvalue weighted by Gasteiger charge is -2.07. The monoisotopic (exact) mass is 338 g/mol. The number of hydrogen-bond acceptors (Lipinski definition) is 4. The van der Waals surface area contributed by atoms with Gasteiger partial charge in [0.2, 0.25) is 5.82 Å². The van der Waals surface area contributed by atoms with Crippen LogP contribution in [-0.4, -0.2) is 10.1 Å². The Morgan fingerprint density at radius 2 is 1.79 bits per heavy atom. The Balaban J connectivity index is 1.76. The van der Waals surface area contributed by atoms with E-state index < -0.39 is 17.9 Å². The Morgan fingerprint density at radius 1 is 1.04 bits per heavy atom. The number of nitrogens with zero attached hydrogens (tertiary/aromatic N) is 2. The van der Waals surface area contributed by atoms with Crippen LogP contribution in [0.15, 0.2) is 53.1 Å². The van der Waals surface area contributed by atoms with Crippen molar-refractivity contribution in [2.75, 3.05) is 0 Å². The molecule has 124 valence electrons. The van der Waals surface area contributed by atoms with Crippen molar-refractivity contribution in [1.82, 2.24) is 10.1 Å². The first kappa shape index (κ1) is 16.0. The average molecular weight is 338 g/mol. The van der Waals surface area contributed by atoms with Crippen LogP contribution in [-0.2, 0) is 12.8 Å². The van der Waals surface area contributed by atoms with Gasteiger partial charge in [-0.25, -0.2) is 4.39 Å². The van der Waals surface area contributed by atoms with Crippen LogP contribution in [0.3, 0.4) is 0 Å². The van der Waals surface area contributed by atoms with Crippen LogP contribution in [0.5, 0.6) is 5.75 Å². The first-order valence-corrected chi connectivity index (χ1v) is 6.81. The molecule has 3 aromatic rings. The molecule has 0 spiro atoms. The molecule has 8 heteroatoms. The van der Waals surface area contributed by atoms with Gasteiger partial charge in [-0.1, -0.05) is 35.5 Å². The predicted octanol–water partition coefficient (Wildman–Crippen LogP) is 4.47. The molecule has 2 aromatic carbocycles. The number of halogens is 4. The molecule has 0 N–H and O–H groups in total. The van der Waals surface area contributed by atoms with Crippen molar-refractivity contribution in [3.8, 4) is 17.1 Å². The van der Waals surface area contributed by atoms with Crippen LogP contribution in [0.1, 0.15) is 11.5 Å². The number of ether oxygens (including phenoxy) is 1. The van der Waals surface area contributed by atoms with Gasteiger partial charge in [-0.05, 0) is 18.2 Å². The maximum Gasteiger partial charge on any atom is 0.471 e. The number of para-hydroxylation sites is 1. The molecular weight excluding hydrogens is 328 g/mol. The Morgan fingerprint density at radius 3 is 2.42 bits per heavy atom. The Hall–Kier alpha value is -2.90. The first-order valence-electron chi connectivity index (χ1n) is 6.81. The van der Waals surface area contributed by atoms with E-state index in [1.807, 2.05) is 6.07 Å². The van der Waals surface area contributed by atoms with Gasteiger partial charge in [-0.15, -0.1) is 0 Å². The van der Waals surface area contributed by atoms with Crippen molar-refractivity contribution in [3.63, 3.8) is 0 Å². The fourth-order valence-electron chi connectivity index (χ4n) is 1.94. The molecule has 0 saturated carbocycles. The summed E-state index contributed by atoms with van der Waals surface area (Å²) in [5, 5.41) is 3.21. The molecule has 0 aliphatic heterocycles. The molecule has 0 aliphatic carbocycles. The lowest BCUT2D eigenvalue weighted by atomic mass is 10.1. The van der Waals surface area contributed by atoms with E-state index in [2.05, 4.69) is 14.7 Å². The molecular formula is C16H10F4N2O2. The third-order valence-electron chi connectivity index (χ3n) is 3.12. The van der Waals surface area contributed by atoms with Gasteiger partial charge in [-0.2, -0.15) is 18.2 Å². The highest BCUT2D eigenvalue weighted by Gasteiger charge is 2.38. The van der Waals surface area contributed by atoms with Crippen LogP contribution in [0.25, 0.3) is 11.4 Å². The topological polar surface area (TPSA) is 48.2 Å². The van der Waals surface area contributed by atoms with Crippen LogP contribution in [0, 0.1) is 5.82 Å². The Bertz CT molecular complexity index is 832. The summed E-state index contributed by atoms with van der Waals surface area (Å²) < 4.78 is 61.0. The minimum Gasteiger partial charge on any atom is -0.489 e. The summed E-state index contributed by atoms with van der Waals surface area (Å²) in [6, 6.07) is 12.7. The second-order valence-corrected chi connectivity index (χ2v) is 4.83. The van der Waals surface area contributed by atoms with Gasteiger partial charge in [-0.3, -0.25) is 0 Å². The van der Waals surface area contributed by atoms with E-state index in [4.69, 9.17) is 4.74 Å². The lowest BCUT2D eigenvalue weighted by Crippen LogP contribution is -2.04. The van der Waals surface area contributed by atoms with E-state index >= 15 is 0 Å². The van der Waals surface area contributed by atoms with E-state index in [-0.39, 0.29) is 23.6 Å². The van der Waals surface area contributed by atoms with Gasteiger partial charge in [0.05, 0.1) is 0 Å². The van der Waals surface area contributed by atoms with Gasteiger partial charge in [0.15, 0.2) is 0 Å². The Kier molecular flexibility index (Phi) is 4.20. The third-order valence-corrected chi connectivity index (χ3v) is 3.12. The molecule has 0 bridgehead atoms. The van der Waals surface area contributed by atoms with Gasteiger partial charge in [0, 0.05) is 11.1 Å². The zero-order valence-corrected chi connectivity index (χ0v) is 12.0. The van der Waals surface area contributed by atoms with Crippen LogP contribution >= 0.6 is 0 Å². The summed E-state index contributed by atoms with van der Waals surface area (Å²) in [5.74, 6) is -1.87. The minimum absolute atomic E-state index is 0.0177. The molecule has 0 fully saturated rings. The number of benzene rings is 2. The molecule has 0 aliphatic rings. The highest BCUT2D eigenvalue weighted by atomic mass is 19.4. The third kappa shape index (κ3) is 3.53. The molecule has 1 aromatic heterocycles. The van der Waals surface area contributed by atoms with Crippen molar-refractivity contribution in [3.05, 3.63) is 65.8 Å². The van der Waals surface area contributed by atoms with Gasteiger partial charge >= 0.3 is 12.1 Å². The smallest absolute Gasteiger partial charge is 0.471 e. The summed E-state index contributed by atoms with van der Waals surface area (Å²) in [5.41, 5.74) is 0.331. The molecule has 0 saturated heterocycles. The van der Waals surface area contributed by atoms with E-state index in [1.165, 1.54) is 12.1 Å². The van der Waals surface area contributed by atoms with Gasteiger partial charge in [0.25, 0.3) is 0 Å². The van der Waals surface area contributed by atoms with E-state index in [1.54, 1.807) is 24.3 Å². The van der Waals surface area contributed by atoms with Crippen LogP contribution in [0.4, 0.5) is 17.6 Å². The van der Waals surface area contributed by atoms with Crippen molar-refractivity contribution in [1.29, 1.82) is 0 Å². The predicted molar refractivity (Wildman–Crippen MR) is 75.5 cm³/mol. The average Bonchev–Trinajstić information content (AvgIpc) is 3.05. The molecule has 0 radical (unpaired) electrons. The quantitative estimate of drug-likeness (QED) is 0.659. The zero-order chi connectivity index (χ0) is 17.2. The molecule has 4 nitrogen and oxygen atoms in total. The second kappa shape index (κ2) is 6.31. The van der Waals surface area contributed by atoms with Crippen molar-refractivity contribution in [2.45, 2.75) is 12.8 Å².